The monoisotopic (exact) mass is 440 g/mol. The highest BCUT2D eigenvalue weighted by molar-refractivity contribution is 5.71. The maximum Gasteiger partial charge on any atom is 0.309 e. The largest absolute Gasteiger partial charge is 0.497 e. The molecule has 1 aliphatic rings. The number of hydrogen-bond acceptors (Lipinski definition) is 4. The van der Waals surface area contributed by atoms with Gasteiger partial charge < -0.3 is 19.7 Å². The molecule has 0 radical (unpaired) electrons. The van der Waals surface area contributed by atoms with Crippen molar-refractivity contribution in [2.45, 2.75) is 31.8 Å². The van der Waals surface area contributed by atoms with Crippen molar-refractivity contribution in [3.63, 3.8) is 0 Å². The molecule has 0 bridgehead atoms. The zero-order valence-corrected chi connectivity index (χ0v) is 18.3. The predicted molar refractivity (Wildman–Crippen MR) is 121 cm³/mol. The number of carbonyl (C=O) groups is 1. The Balaban J connectivity index is 1.76. The quantitative estimate of drug-likeness (QED) is 0.664. The van der Waals surface area contributed by atoms with E-state index in [4.69, 9.17) is 9.47 Å². The van der Waals surface area contributed by atoms with Crippen LogP contribution >= 0.6 is 0 Å². The highest BCUT2D eigenvalue weighted by Gasteiger charge is 2.24. The van der Waals surface area contributed by atoms with Gasteiger partial charge in [-0.15, -0.1) is 0 Å². The first kappa shape index (κ1) is 23.7. The Hall–Kier alpha value is -2.96. The van der Waals surface area contributed by atoms with Crippen LogP contribution in [-0.4, -0.2) is 42.6 Å². The molecule has 0 spiro atoms. The lowest BCUT2D eigenvalue weighted by atomic mass is 9.91. The molecule has 1 heterocycles. The summed E-state index contributed by atoms with van der Waals surface area (Å²) in [4.78, 5) is 11.2. The van der Waals surface area contributed by atoms with Crippen LogP contribution < -0.4 is 4.74 Å². The number of aliphatic hydroxyl groups is 1. The first-order valence-corrected chi connectivity index (χ1v) is 10.7. The number of benzene rings is 2. The van der Waals surface area contributed by atoms with Crippen LogP contribution in [0, 0.1) is 11.7 Å². The molecule has 2 aromatic rings. The average Bonchev–Trinajstić information content (AvgIpc) is 2.81. The second-order valence-electron chi connectivity index (χ2n) is 7.96. The Kier molecular flexibility index (Phi) is 8.20. The number of allylic oxidation sites excluding steroid dienone is 1. The van der Waals surface area contributed by atoms with Gasteiger partial charge in [-0.1, -0.05) is 42.5 Å². The van der Waals surface area contributed by atoms with Gasteiger partial charge in [-0.2, -0.15) is 0 Å². The Morgan fingerprint density at radius 1 is 1.22 bits per heavy atom. The van der Waals surface area contributed by atoms with Gasteiger partial charge >= 0.3 is 5.97 Å². The molecule has 32 heavy (non-hydrogen) atoms. The minimum atomic E-state index is -1.07. The van der Waals surface area contributed by atoms with E-state index in [-0.39, 0.29) is 11.7 Å². The van der Waals surface area contributed by atoms with Gasteiger partial charge in [0.25, 0.3) is 0 Å². The fourth-order valence-electron chi connectivity index (χ4n) is 3.76. The van der Waals surface area contributed by atoms with Gasteiger partial charge in [0, 0.05) is 11.5 Å². The van der Waals surface area contributed by atoms with Crippen molar-refractivity contribution in [1.82, 2.24) is 0 Å². The van der Waals surface area contributed by atoms with Crippen molar-refractivity contribution in [2.75, 3.05) is 20.3 Å². The lowest BCUT2D eigenvalue weighted by Crippen LogP contribution is -2.26. The zero-order valence-electron chi connectivity index (χ0n) is 18.3. The van der Waals surface area contributed by atoms with Crippen molar-refractivity contribution < 1.29 is 28.9 Å². The molecule has 2 N–H and O–H groups in total. The van der Waals surface area contributed by atoms with E-state index in [1.165, 1.54) is 13.0 Å². The molecule has 5 nitrogen and oxygen atoms in total. The molecule has 6 heteroatoms. The van der Waals surface area contributed by atoms with Gasteiger partial charge in [0.2, 0.25) is 0 Å². The summed E-state index contributed by atoms with van der Waals surface area (Å²) in [7, 11) is 1.55. The maximum absolute atomic E-state index is 14.3. The standard InChI is InChI=1S/C26H29FO5/c1-17(26(29)30)25(28)20-5-3-6-21(16-32-14-4-7-20)18-8-10-19(11-9-18)23-15-22(31-2)12-13-24(23)27/h4-5,7-13,15,17,21,25,28H,3,6,14,16H2,1-2H3,(H,29,30)/b7-4-,20-5+/t17-,21?,25+/m0/s1. The Morgan fingerprint density at radius 3 is 2.66 bits per heavy atom. The lowest BCUT2D eigenvalue weighted by molar-refractivity contribution is -0.143. The number of methoxy groups -OCH3 is 1. The third-order valence-electron chi connectivity index (χ3n) is 5.81. The molecule has 1 unspecified atom stereocenters. The molecule has 3 atom stereocenters. The third kappa shape index (κ3) is 5.84. The summed E-state index contributed by atoms with van der Waals surface area (Å²) < 4.78 is 25.3. The average molecular weight is 441 g/mol. The van der Waals surface area contributed by atoms with Crippen LogP contribution in [0.2, 0.25) is 0 Å². The number of aliphatic carboxylic acids is 1. The number of carboxylic acid groups (broad SMARTS) is 1. The molecular weight excluding hydrogens is 411 g/mol. The van der Waals surface area contributed by atoms with Gasteiger partial charge in [-0.05, 0) is 54.7 Å². The van der Waals surface area contributed by atoms with Crippen LogP contribution in [0.5, 0.6) is 5.75 Å². The maximum atomic E-state index is 14.3. The molecular formula is C26H29FO5. The minimum absolute atomic E-state index is 0.122. The van der Waals surface area contributed by atoms with Crippen molar-refractivity contribution >= 4 is 5.97 Å². The molecule has 0 aliphatic carbocycles. The lowest BCUT2D eigenvalue weighted by Gasteiger charge is -2.20. The van der Waals surface area contributed by atoms with E-state index in [0.717, 1.165) is 17.5 Å². The van der Waals surface area contributed by atoms with Crippen LogP contribution in [0.4, 0.5) is 4.39 Å². The summed E-state index contributed by atoms with van der Waals surface area (Å²) in [5, 5.41) is 19.6. The van der Waals surface area contributed by atoms with Gasteiger partial charge in [0.15, 0.2) is 0 Å². The number of aliphatic hydroxyl groups excluding tert-OH is 1. The third-order valence-corrected chi connectivity index (χ3v) is 5.81. The minimum Gasteiger partial charge on any atom is -0.497 e. The summed E-state index contributed by atoms with van der Waals surface area (Å²) in [5.41, 5.74) is 2.92. The highest BCUT2D eigenvalue weighted by atomic mass is 19.1. The number of carboxylic acids is 1. The number of rotatable bonds is 6. The topological polar surface area (TPSA) is 76.0 Å². The number of hydrogen-bond donors (Lipinski definition) is 2. The van der Waals surface area contributed by atoms with E-state index in [0.29, 0.717) is 36.5 Å². The van der Waals surface area contributed by atoms with Crippen LogP contribution in [-0.2, 0) is 9.53 Å². The normalized spacial score (nSPS) is 21.6. The molecule has 1 aliphatic heterocycles. The molecule has 0 saturated heterocycles. The predicted octanol–water partition coefficient (Wildman–Crippen LogP) is 4.96. The Labute approximate surface area is 187 Å². The molecule has 0 fully saturated rings. The molecule has 3 rings (SSSR count). The number of halogens is 1. The molecule has 0 saturated carbocycles. The van der Waals surface area contributed by atoms with E-state index in [9.17, 15) is 19.4 Å². The second kappa shape index (κ2) is 11.1. The number of ether oxygens (including phenoxy) is 2. The summed E-state index contributed by atoms with van der Waals surface area (Å²) in [6.45, 7) is 2.40. The van der Waals surface area contributed by atoms with Crippen molar-refractivity contribution in [3.8, 4) is 16.9 Å². The van der Waals surface area contributed by atoms with Crippen LogP contribution in [0.15, 0.2) is 66.3 Å². The van der Waals surface area contributed by atoms with E-state index in [1.54, 1.807) is 31.4 Å². The first-order chi connectivity index (χ1) is 15.4. The van der Waals surface area contributed by atoms with Gasteiger partial charge in [-0.3, -0.25) is 4.79 Å². The van der Waals surface area contributed by atoms with Crippen LogP contribution in [0.25, 0.3) is 11.1 Å². The van der Waals surface area contributed by atoms with Crippen molar-refractivity contribution in [3.05, 3.63) is 77.6 Å². The summed E-state index contributed by atoms with van der Waals surface area (Å²) in [5.74, 6) is -1.52. The van der Waals surface area contributed by atoms with Crippen LogP contribution in [0.3, 0.4) is 0 Å². The smallest absolute Gasteiger partial charge is 0.309 e. The fourth-order valence-corrected chi connectivity index (χ4v) is 3.76. The Morgan fingerprint density at radius 2 is 1.97 bits per heavy atom. The van der Waals surface area contributed by atoms with Crippen LogP contribution in [0.1, 0.15) is 31.2 Å². The van der Waals surface area contributed by atoms with E-state index >= 15 is 0 Å². The SMILES string of the molecule is COc1ccc(F)c(-c2ccc(C3CC/C=C([C@H](O)[C@H](C)C(=O)O)\C=C/COC3)cc2)c1. The summed E-state index contributed by atoms with van der Waals surface area (Å²) in [6.07, 6.45) is 5.81. The molecule has 0 amide bonds. The van der Waals surface area contributed by atoms with E-state index < -0.39 is 18.0 Å². The second-order valence-corrected chi connectivity index (χ2v) is 7.96. The van der Waals surface area contributed by atoms with E-state index in [1.807, 2.05) is 30.3 Å². The summed E-state index contributed by atoms with van der Waals surface area (Å²) in [6, 6.07) is 12.4. The first-order valence-electron chi connectivity index (χ1n) is 10.7. The van der Waals surface area contributed by atoms with Gasteiger partial charge in [0.1, 0.15) is 11.6 Å². The van der Waals surface area contributed by atoms with Gasteiger partial charge in [0.05, 0.1) is 32.3 Å². The fraction of sp³-hybridized carbons (Fsp3) is 0.346. The van der Waals surface area contributed by atoms with Crippen molar-refractivity contribution in [2.24, 2.45) is 5.92 Å². The Bertz CT molecular complexity index is 980. The molecule has 2 aromatic carbocycles. The highest BCUT2D eigenvalue weighted by Crippen LogP contribution is 2.30. The van der Waals surface area contributed by atoms with Crippen molar-refractivity contribution in [1.29, 1.82) is 0 Å². The summed E-state index contributed by atoms with van der Waals surface area (Å²) >= 11 is 0. The molecule has 0 aromatic heterocycles. The zero-order chi connectivity index (χ0) is 23.1. The van der Waals surface area contributed by atoms with E-state index in [2.05, 4.69) is 0 Å². The molecule has 170 valence electrons. The van der Waals surface area contributed by atoms with Gasteiger partial charge in [-0.25, -0.2) is 4.39 Å².